The van der Waals surface area contributed by atoms with Crippen LogP contribution in [0.5, 0.6) is 0 Å². The van der Waals surface area contributed by atoms with Crippen LogP contribution in [-0.2, 0) is 12.8 Å². The van der Waals surface area contributed by atoms with E-state index in [1.807, 2.05) is 6.20 Å². The Morgan fingerprint density at radius 1 is 1.21 bits per heavy atom. The zero-order valence-corrected chi connectivity index (χ0v) is 16.6. The van der Waals surface area contributed by atoms with Crippen molar-refractivity contribution < 1.29 is 4.92 Å². The molecule has 0 unspecified atom stereocenters. The summed E-state index contributed by atoms with van der Waals surface area (Å²) in [6, 6.07) is 6.29. The van der Waals surface area contributed by atoms with Crippen LogP contribution in [0.2, 0.25) is 0 Å². The number of nitro benzene ring substituents is 1. The fourth-order valence-corrected chi connectivity index (χ4v) is 4.25. The highest BCUT2D eigenvalue weighted by Crippen LogP contribution is 2.39. The Morgan fingerprint density at radius 3 is 2.79 bits per heavy atom. The van der Waals surface area contributed by atoms with Gasteiger partial charge in [0.25, 0.3) is 5.69 Å². The molecule has 0 fully saturated rings. The Labute approximate surface area is 166 Å². The van der Waals surface area contributed by atoms with Crippen LogP contribution in [0.4, 0.5) is 22.5 Å². The van der Waals surface area contributed by atoms with E-state index in [4.69, 9.17) is 4.98 Å². The normalized spacial score (nSPS) is 12.8. The van der Waals surface area contributed by atoms with Crippen molar-refractivity contribution >= 4 is 33.8 Å². The van der Waals surface area contributed by atoms with Crippen LogP contribution in [0.1, 0.15) is 32.0 Å². The summed E-state index contributed by atoms with van der Waals surface area (Å²) in [5, 5.41) is 18.3. The minimum absolute atomic E-state index is 0.0191. The van der Waals surface area contributed by atoms with Gasteiger partial charge in [-0.15, -0.1) is 0 Å². The van der Waals surface area contributed by atoms with Crippen LogP contribution in [0.3, 0.4) is 0 Å². The molecule has 0 spiro atoms. The fraction of sp³-hybridized carbons (Fsp3) is 0.316. The number of benzene rings is 1. The molecule has 2 heterocycles. The van der Waals surface area contributed by atoms with E-state index in [1.165, 1.54) is 12.1 Å². The minimum atomic E-state index is -0.424. The van der Waals surface area contributed by atoms with Crippen molar-refractivity contribution in [2.45, 2.75) is 39.2 Å². The van der Waals surface area contributed by atoms with E-state index in [1.54, 1.807) is 23.5 Å². The summed E-state index contributed by atoms with van der Waals surface area (Å²) in [4.78, 5) is 25.4. The summed E-state index contributed by atoms with van der Waals surface area (Å²) in [6.07, 6.45) is 3.53. The van der Waals surface area contributed by atoms with Crippen molar-refractivity contribution in [1.29, 1.82) is 0 Å². The lowest BCUT2D eigenvalue weighted by molar-refractivity contribution is -0.384. The van der Waals surface area contributed by atoms with E-state index in [2.05, 4.69) is 41.4 Å². The number of aryl methyl sites for hydroxylation is 2. The van der Waals surface area contributed by atoms with Gasteiger partial charge in [0, 0.05) is 29.6 Å². The lowest BCUT2D eigenvalue weighted by Gasteiger charge is -2.19. The molecule has 2 aromatic heterocycles. The average molecular weight is 396 g/mol. The van der Waals surface area contributed by atoms with Crippen molar-refractivity contribution in [2.75, 3.05) is 10.6 Å². The molecule has 1 aliphatic carbocycles. The van der Waals surface area contributed by atoms with E-state index in [9.17, 15) is 10.1 Å². The predicted octanol–water partition coefficient (Wildman–Crippen LogP) is 4.56. The van der Waals surface area contributed by atoms with Gasteiger partial charge in [0.15, 0.2) is 5.13 Å². The molecular weight excluding hydrogens is 376 g/mol. The van der Waals surface area contributed by atoms with E-state index in [0.29, 0.717) is 11.6 Å². The molecule has 0 atom stereocenters. The van der Waals surface area contributed by atoms with E-state index in [0.717, 1.165) is 39.8 Å². The third kappa shape index (κ3) is 3.79. The fourth-order valence-electron chi connectivity index (χ4n) is 3.01. The summed E-state index contributed by atoms with van der Waals surface area (Å²) < 4.78 is 0. The van der Waals surface area contributed by atoms with Gasteiger partial charge < -0.3 is 10.6 Å². The number of nitrogens with zero attached hydrogens (tertiary/aromatic N) is 4. The number of hydrogen-bond donors (Lipinski definition) is 2. The first-order chi connectivity index (χ1) is 13.3. The second-order valence-electron chi connectivity index (χ2n) is 7.67. The zero-order valence-electron chi connectivity index (χ0n) is 15.8. The molecule has 1 aliphatic rings. The molecular formula is C19H20N6O2S. The lowest BCUT2D eigenvalue weighted by atomic mass is 10.00. The Hall–Kier alpha value is -3.07. The van der Waals surface area contributed by atoms with Crippen LogP contribution in [-0.4, -0.2) is 25.4 Å². The maximum atomic E-state index is 11.0. The highest BCUT2D eigenvalue weighted by Gasteiger charge is 2.24. The van der Waals surface area contributed by atoms with Gasteiger partial charge in [-0.2, -0.15) is 0 Å². The second kappa shape index (κ2) is 6.83. The summed E-state index contributed by atoms with van der Waals surface area (Å²) in [5.74, 6) is 0.408. The van der Waals surface area contributed by atoms with Crippen LogP contribution in [0, 0.1) is 10.1 Å². The number of fused-ring (bicyclic) bond motifs is 3. The molecule has 0 saturated heterocycles. The number of non-ortho nitro benzene ring substituents is 1. The topological polar surface area (TPSA) is 106 Å². The molecule has 0 bridgehead atoms. The lowest BCUT2D eigenvalue weighted by Crippen LogP contribution is -2.25. The van der Waals surface area contributed by atoms with E-state index in [-0.39, 0.29) is 11.2 Å². The first-order valence-corrected chi connectivity index (χ1v) is 9.76. The molecule has 8 nitrogen and oxygen atoms in total. The molecule has 0 amide bonds. The molecule has 0 aliphatic heterocycles. The Balaban J connectivity index is 1.65. The van der Waals surface area contributed by atoms with Crippen molar-refractivity contribution in [1.82, 2.24) is 15.0 Å². The molecule has 0 radical (unpaired) electrons. The van der Waals surface area contributed by atoms with Crippen molar-refractivity contribution in [3.8, 4) is 10.6 Å². The Morgan fingerprint density at radius 2 is 2.04 bits per heavy atom. The highest BCUT2D eigenvalue weighted by atomic mass is 32.1. The monoisotopic (exact) mass is 396 g/mol. The first kappa shape index (κ1) is 18.3. The Kier molecular flexibility index (Phi) is 4.46. The quantitative estimate of drug-likeness (QED) is 0.492. The molecule has 9 heteroatoms. The van der Waals surface area contributed by atoms with Gasteiger partial charge in [-0.25, -0.2) is 15.0 Å². The molecule has 4 rings (SSSR count). The largest absolute Gasteiger partial charge is 0.357 e. The second-order valence-corrected chi connectivity index (χ2v) is 8.67. The van der Waals surface area contributed by atoms with Gasteiger partial charge in [0.1, 0.15) is 0 Å². The van der Waals surface area contributed by atoms with Crippen LogP contribution in [0.15, 0.2) is 30.5 Å². The van der Waals surface area contributed by atoms with Crippen molar-refractivity contribution in [2.24, 2.45) is 0 Å². The molecule has 28 heavy (non-hydrogen) atoms. The summed E-state index contributed by atoms with van der Waals surface area (Å²) in [6.45, 7) is 6.31. The van der Waals surface area contributed by atoms with Crippen molar-refractivity contribution in [3.05, 3.63) is 51.8 Å². The number of hydrogen-bond acceptors (Lipinski definition) is 8. The number of anilines is 3. The van der Waals surface area contributed by atoms with E-state index >= 15 is 0 Å². The molecule has 1 aromatic carbocycles. The number of nitrogens with one attached hydrogen (secondary N) is 2. The predicted molar refractivity (Wildman–Crippen MR) is 110 cm³/mol. The summed E-state index contributed by atoms with van der Waals surface area (Å²) in [5.41, 5.74) is 3.54. The average Bonchev–Trinajstić information content (AvgIpc) is 3.03. The standard InChI is InChI=1S/C19H20N6O2S/c1-19(2,3)24-18-22-14-8-7-11-10-20-17(23-15(11)16(14)28-18)21-12-5-4-6-13(9-12)25(26)27/h4-6,9-10H,7-8H2,1-3H3,(H,22,24)(H,20,21,23). The number of rotatable bonds is 4. The third-order valence-electron chi connectivity index (χ3n) is 4.20. The molecule has 3 aromatic rings. The van der Waals surface area contributed by atoms with Gasteiger partial charge in [0.05, 0.1) is 21.2 Å². The molecule has 2 N–H and O–H groups in total. The zero-order chi connectivity index (χ0) is 19.9. The van der Waals surface area contributed by atoms with Gasteiger partial charge in [-0.1, -0.05) is 17.4 Å². The number of nitro groups is 1. The molecule has 144 valence electrons. The smallest absolute Gasteiger partial charge is 0.271 e. The van der Waals surface area contributed by atoms with Crippen LogP contribution < -0.4 is 10.6 Å². The maximum Gasteiger partial charge on any atom is 0.271 e. The maximum absolute atomic E-state index is 11.0. The highest BCUT2D eigenvalue weighted by molar-refractivity contribution is 7.19. The van der Waals surface area contributed by atoms with Crippen LogP contribution >= 0.6 is 11.3 Å². The third-order valence-corrected chi connectivity index (χ3v) is 5.22. The summed E-state index contributed by atoms with van der Waals surface area (Å²) >= 11 is 1.60. The van der Waals surface area contributed by atoms with Gasteiger partial charge in [-0.3, -0.25) is 10.1 Å². The SMILES string of the molecule is CC(C)(C)Nc1nc2c(s1)-c1nc(Nc3cccc([N+](=O)[O-])c3)ncc1CC2. The van der Waals surface area contributed by atoms with Gasteiger partial charge >= 0.3 is 0 Å². The number of thiazole rings is 1. The van der Waals surface area contributed by atoms with E-state index < -0.39 is 4.92 Å². The Bertz CT molecular complexity index is 1060. The van der Waals surface area contributed by atoms with Crippen molar-refractivity contribution in [3.63, 3.8) is 0 Å². The van der Waals surface area contributed by atoms with Gasteiger partial charge in [0.2, 0.25) is 5.95 Å². The van der Waals surface area contributed by atoms with Gasteiger partial charge in [-0.05, 0) is 45.2 Å². The summed E-state index contributed by atoms with van der Waals surface area (Å²) in [7, 11) is 0. The van der Waals surface area contributed by atoms with Crippen LogP contribution in [0.25, 0.3) is 10.6 Å². The first-order valence-electron chi connectivity index (χ1n) is 8.94. The minimum Gasteiger partial charge on any atom is -0.357 e. The molecule has 0 saturated carbocycles. The number of aromatic nitrogens is 3.